The molecule has 2 aromatic rings. The van der Waals surface area contributed by atoms with E-state index in [0.29, 0.717) is 23.5 Å². The molecule has 0 aliphatic heterocycles. The summed E-state index contributed by atoms with van der Waals surface area (Å²) in [5.74, 6) is -0.324. The molecule has 0 amide bonds. The number of hydrogen-bond acceptors (Lipinski definition) is 4. The van der Waals surface area contributed by atoms with Crippen LogP contribution in [0.25, 0.3) is 0 Å². The van der Waals surface area contributed by atoms with Crippen LogP contribution in [0.4, 0.5) is 0 Å². The maximum Gasteiger partial charge on any atom is 0.343 e. The van der Waals surface area contributed by atoms with Crippen LogP contribution in [0.3, 0.4) is 0 Å². The number of esters is 2. The first-order valence-electron chi connectivity index (χ1n) is 9.01. The molecule has 0 bridgehead atoms. The molecule has 0 saturated carbocycles. The minimum atomic E-state index is -0.426. The number of aryl methyl sites for hydroxylation is 3. The fraction of sp³-hybridized carbons (Fsp3) is 0.364. The van der Waals surface area contributed by atoms with E-state index in [1.165, 1.54) is 5.56 Å². The van der Waals surface area contributed by atoms with Crippen molar-refractivity contribution < 1.29 is 19.1 Å². The molecule has 4 nitrogen and oxygen atoms in total. The van der Waals surface area contributed by atoms with Gasteiger partial charge in [-0.1, -0.05) is 43.2 Å². The van der Waals surface area contributed by atoms with Gasteiger partial charge in [-0.25, -0.2) is 4.79 Å². The minimum Gasteiger partial charge on any atom is -0.466 e. The molecule has 138 valence electrons. The van der Waals surface area contributed by atoms with E-state index >= 15 is 0 Å². The Bertz CT molecular complexity index is 775. The molecule has 0 spiro atoms. The van der Waals surface area contributed by atoms with Crippen LogP contribution in [-0.2, 0) is 22.4 Å². The van der Waals surface area contributed by atoms with Crippen molar-refractivity contribution in [1.82, 2.24) is 0 Å². The maximum absolute atomic E-state index is 12.5. The number of ether oxygens (including phenoxy) is 2. The highest BCUT2D eigenvalue weighted by molar-refractivity contribution is 5.91. The Morgan fingerprint density at radius 3 is 2.31 bits per heavy atom. The highest BCUT2D eigenvalue weighted by atomic mass is 16.5. The first-order valence-corrected chi connectivity index (χ1v) is 9.01. The van der Waals surface area contributed by atoms with Crippen LogP contribution in [0.15, 0.2) is 36.4 Å². The van der Waals surface area contributed by atoms with E-state index in [2.05, 4.69) is 6.92 Å². The SMILES string of the molecule is CCCc1ccc(C(=O)Oc2c(C)cc(C)cc2CC(=O)OCC)cc1. The van der Waals surface area contributed by atoms with Gasteiger partial charge in [0, 0.05) is 5.56 Å². The summed E-state index contributed by atoms with van der Waals surface area (Å²) in [5, 5.41) is 0. The topological polar surface area (TPSA) is 52.6 Å². The summed E-state index contributed by atoms with van der Waals surface area (Å²) >= 11 is 0. The quantitative estimate of drug-likeness (QED) is 0.539. The summed E-state index contributed by atoms with van der Waals surface area (Å²) in [6.07, 6.45) is 2.12. The molecule has 4 heteroatoms. The molecule has 0 radical (unpaired) electrons. The zero-order valence-corrected chi connectivity index (χ0v) is 15.9. The molecular weight excluding hydrogens is 328 g/mol. The number of carbonyl (C=O) groups excluding carboxylic acids is 2. The second-order valence-corrected chi connectivity index (χ2v) is 6.39. The zero-order valence-electron chi connectivity index (χ0n) is 15.9. The lowest BCUT2D eigenvalue weighted by molar-refractivity contribution is -0.142. The first-order chi connectivity index (χ1) is 12.4. The second-order valence-electron chi connectivity index (χ2n) is 6.39. The molecule has 0 fully saturated rings. The molecule has 0 unspecified atom stereocenters. The molecule has 0 N–H and O–H groups in total. The smallest absolute Gasteiger partial charge is 0.343 e. The Hall–Kier alpha value is -2.62. The van der Waals surface area contributed by atoms with Crippen molar-refractivity contribution in [2.75, 3.05) is 6.61 Å². The third kappa shape index (κ3) is 5.19. The predicted octanol–water partition coefficient (Wildman–Crippen LogP) is 4.58. The van der Waals surface area contributed by atoms with Crippen LogP contribution in [0, 0.1) is 13.8 Å². The zero-order chi connectivity index (χ0) is 19.1. The predicted molar refractivity (Wildman–Crippen MR) is 102 cm³/mol. The number of carbonyl (C=O) groups is 2. The van der Waals surface area contributed by atoms with Crippen LogP contribution in [0.2, 0.25) is 0 Å². The molecule has 2 rings (SSSR count). The maximum atomic E-state index is 12.5. The summed E-state index contributed by atoms with van der Waals surface area (Å²) in [4.78, 5) is 24.4. The van der Waals surface area contributed by atoms with Crippen molar-refractivity contribution in [3.05, 3.63) is 64.2 Å². The summed E-state index contributed by atoms with van der Waals surface area (Å²) in [5.41, 5.74) is 4.17. The van der Waals surface area contributed by atoms with Crippen LogP contribution in [0.1, 0.15) is 52.9 Å². The van der Waals surface area contributed by atoms with Gasteiger partial charge in [-0.3, -0.25) is 4.79 Å². The van der Waals surface area contributed by atoms with Gasteiger partial charge in [-0.15, -0.1) is 0 Å². The van der Waals surface area contributed by atoms with Crippen molar-refractivity contribution in [1.29, 1.82) is 0 Å². The van der Waals surface area contributed by atoms with Gasteiger partial charge in [0.25, 0.3) is 0 Å². The van der Waals surface area contributed by atoms with Gasteiger partial charge in [0.2, 0.25) is 0 Å². The Kier molecular flexibility index (Phi) is 6.96. The number of hydrogen-bond donors (Lipinski definition) is 0. The molecule has 0 atom stereocenters. The van der Waals surface area contributed by atoms with E-state index in [1.807, 2.05) is 38.1 Å². The summed E-state index contributed by atoms with van der Waals surface area (Å²) in [6.45, 7) is 8.02. The van der Waals surface area contributed by atoms with Crippen molar-refractivity contribution in [2.45, 2.75) is 47.0 Å². The lowest BCUT2D eigenvalue weighted by Gasteiger charge is -2.14. The van der Waals surface area contributed by atoms with Crippen LogP contribution < -0.4 is 4.74 Å². The van der Waals surface area contributed by atoms with Gasteiger partial charge in [0.05, 0.1) is 18.6 Å². The monoisotopic (exact) mass is 354 g/mol. The van der Waals surface area contributed by atoms with Crippen molar-refractivity contribution in [3.8, 4) is 5.75 Å². The van der Waals surface area contributed by atoms with E-state index in [1.54, 1.807) is 19.1 Å². The van der Waals surface area contributed by atoms with E-state index in [9.17, 15) is 9.59 Å². The standard InChI is InChI=1S/C22H26O4/c1-5-7-17-8-10-18(11-9-17)22(24)26-21-16(4)12-15(3)13-19(21)14-20(23)25-6-2/h8-13H,5-7,14H2,1-4H3. The summed E-state index contributed by atoms with van der Waals surface area (Å²) < 4.78 is 10.7. The Balaban J connectivity index is 2.24. The fourth-order valence-corrected chi connectivity index (χ4v) is 2.94. The summed E-state index contributed by atoms with van der Waals surface area (Å²) in [7, 11) is 0. The molecule has 0 saturated heterocycles. The van der Waals surface area contributed by atoms with Gasteiger partial charge in [-0.05, 0) is 50.5 Å². The molecule has 0 heterocycles. The Morgan fingerprint density at radius 1 is 1.00 bits per heavy atom. The lowest BCUT2D eigenvalue weighted by atomic mass is 10.0. The molecule has 26 heavy (non-hydrogen) atoms. The van der Waals surface area contributed by atoms with Crippen LogP contribution in [0.5, 0.6) is 5.75 Å². The Labute approximate surface area is 155 Å². The molecule has 0 aliphatic rings. The molecule has 2 aromatic carbocycles. The molecular formula is C22H26O4. The first kappa shape index (κ1) is 19.7. The van der Waals surface area contributed by atoms with Gasteiger partial charge in [0.1, 0.15) is 5.75 Å². The summed E-state index contributed by atoms with van der Waals surface area (Å²) in [6, 6.07) is 11.2. The van der Waals surface area contributed by atoms with Crippen LogP contribution >= 0.6 is 0 Å². The second kappa shape index (κ2) is 9.18. The lowest BCUT2D eigenvalue weighted by Crippen LogP contribution is -2.14. The largest absolute Gasteiger partial charge is 0.466 e. The highest BCUT2D eigenvalue weighted by Crippen LogP contribution is 2.27. The van der Waals surface area contributed by atoms with Gasteiger partial charge in [0.15, 0.2) is 0 Å². The average molecular weight is 354 g/mol. The van der Waals surface area contributed by atoms with E-state index in [0.717, 1.165) is 24.0 Å². The number of benzene rings is 2. The normalized spacial score (nSPS) is 10.5. The van der Waals surface area contributed by atoms with Crippen molar-refractivity contribution in [2.24, 2.45) is 0 Å². The molecule has 0 aromatic heterocycles. The van der Waals surface area contributed by atoms with Gasteiger partial charge < -0.3 is 9.47 Å². The van der Waals surface area contributed by atoms with Gasteiger partial charge >= 0.3 is 11.9 Å². The number of rotatable bonds is 7. The Morgan fingerprint density at radius 2 is 1.69 bits per heavy atom. The minimum absolute atomic E-state index is 0.0778. The fourth-order valence-electron chi connectivity index (χ4n) is 2.94. The highest BCUT2D eigenvalue weighted by Gasteiger charge is 2.17. The third-order valence-corrected chi connectivity index (χ3v) is 4.06. The molecule has 0 aliphatic carbocycles. The third-order valence-electron chi connectivity index (χ3n) is 4.06. The van der Waals surface area contributed by atoms with Crippen molar-refractivity contribution in [3.63, 3.8) is 0 Å². The van der Waals surface area contributed by atoms with Crippen LogP contribution in [-0.4, -0.2) is 18.5 Å². The van der Waals surface area contributed by atoms with E-state index in [-0.39, 0.29) is 12.4 Å². The van der Waals surface area contributed by atoms with E-state index in [4.69, 9.17) is 9.47 Å². The van der Waals surface area contributed by atoms with E-state index < -0.39 is 5.97 Å². The van der Waals surface area contributed by atoms with Crippen molar-refractivity contribution >= 4 is 11.9 Å². The van der Waals surface area contributed by atoms with Gasteiger partial charge in [-0.2, -0.15) is 0 Å². The average Bonchev–Trinajstić information content (AvgIpc) is 2.59.